The van der Waals surface area contributed by atoms with Gasteiger partial charge in [0.05, 0.1) is 11.3 Å². The van der Waals surface area contributed by atoms with Crippen molar-refractivity contribution in [2.45, 2.75) is 39.5 Å². The Kier molecular flexibility index (Phi) is 6.16. The lowest BCUT2D eigenvalue weighted by molar-refractivity contribution is 0.0949. The number of carbonyl (C=O) groups is 2. The summed E-state index contributed by atoms with van der Waals surface area (Å²) >= 11 is 0. The van der Waals surface area contributed by atoms with Crippen LogP contribution in [0, 0.1) is 12.7 Å². The van der Waals surface area contributed by atoms with Crippen LogP contribution in [0.2, 0.25) is 0 Å². The van der Waals surface area contributed by atoms with Gasteiger partial charge in [-0.05, 0) is 49.9 Å². The van der Waals surface area contributed by atoms with Gasteiger partial charge in [-0.25, -0.2) is 9.82 Å². The molecular formula is C25H24FN3O3. The molecule has 0 unspecified atom stereocenters. The zero-order chi connectivity index (χ0) is 22.7. The summed E-state index contributed by atoms with van der Waals surface area (Å²) in [6, 6.07) is 13.4. The van der Waals surface area contributed by atoms with Gasteiger partial charge >= 0.3 is 0 Å². The fraction of sp³-hybridized carbons (Fsp3) is 0.240. The van der Waals surface area contributed by atoms with E-state index in [9.17, 15) is 14.0 Å². The molecule has 1 aliphatic carbocycles. The second-order valence-corrected chi connectivity index (χ2v) is 7.65. The molecule has 32 heavy (non-hydrogen) atoms. The molecule has 0 saturated heterocycles. The molecule has 0 spiro atoms. The van der Waals surface area contributed by atoms with Crippen LogP contribution in [0.4, 0.5) is 10.1 Å². The highest BCUT2D eigenvalue weighted by atomic mass is 19.1. The van der Waals surface area contributed by atoms with Crippen LogP contribution in [0.15, 0.2) is 58.0 Å². The van der Waals surface area contributed by atoms with E-state index in [1.807, 2.05) is 38.1 Å². The lowest BCUT2D eigenvalue weighted by Crippen LogP contribution is -2.23. The molecule has 2 N–H and O–H groups in total. The fourth-order valence-electron chi connectivity index (χ4n) is 3.95. The minimum Gasteiger partial charge on any atom is -0.455 e. The molecule has 0 saturated carbocycles. The Hall–Kier alpha value is -3.74. The Morgan fingerprint density at radius 2 is 1.81 bits per heavy atom. The number of carbonyl (C=O) groups excluding carboxylic acids is 2. The molecule has 7 heteroatoms. The number of halogens is 1. The van der Waals surface area contributed by atoms with Crippen LogP contribution in [0.25, 0.3) is 0 Å². The average molecular weight is 433 g/mol. The van der Waals surface area contributed by atoms with Crippen molar-refractivity contribution in [1.82, 2.24) is 5.43 Å². The van der Waals surface area contributed by atoms with Crippen LogP contribution in [-0.4, -0.2) is 17.5 Å². The first-order chi connectivity index (χ1) is 15.5. The maximum atomic E-state index is 13.9. The van der Waals surface area contributed by atoms with Crippen molar-refractivity contribution in [2.24, 2.45) is 5.10 Å². The third-order valence-electron chi connectivity index (χ3n) is 5.59. The highest BCUT2D eigenvalue weighted by molar-refractivity contribution is 6.09. The minimum atomic E-state index is -0.627. The van der Waals surface area contributed by atoms with Crippen molar-refractivity contribution < 1.29 is 18.4 Å². The zero-order valence-corrected chi connectivity index (χ0v) is 18.0. The second kappa shape index (κ2) is 9.18. The number of para-hydroxylation sites is 1. The molecule has 4 rings (SSSR count). The van der Waals surface area contributed by atoms with E-state index in [0.29, 0.717) is 29.9 Å². The summed E-state index contributed by atoms with van der Waals surface area (Å²) in [4.78, 5) is 25.3. The molecule has 0 atom stereocenters. The maximum Gasteiger partial charge on any atom is 0.291 e. The summed E-state index contributed by atoms with van der Waals surface area (Å²) < 4.78 is 19.8. The van der Waals surface area contributed by atoms with E-state index in [1.165, 1.54) is 18.2 Å². The number of anilines is 1. The summed E-state index contributed by atoms with van der Waals surface area (Å²) in [6.45, 7) is 3.84. The SMILES string of the molecule is CCc1ccccc1NC(=O)c1oc2c(c1C)/C(=N/NC(=O)c1ccccc1F)CCC2. The first-order valence-corrected chi connectivity index (χ1v) is 10.6. The van der Waals surface area contributed by atoms with Crippen molar-refractivity contribution >= 4 is 23.2 Å². The van der Waals surface area contributed by atoms with Gasteiger partial charge < -0.3 is 9.73 Å². The Morgan fingerprint density at radius 3 is 2.59 bits per heavy atom. The monoisotopic (exact) mass is 433 g/mol. The number of benzene rings is 2. The van der Waals surface area contributed by atoms with Crippen molar-refractivity contribution in [3.63, 3.8) is 0 Å². The van der Waals surface area contributed by atoms with E-state index in [4.69, 9.17) is 4.42 Å². The van der Waals surface area contributed by atoms with Gasteiger partial charge in [0, 0.05) is 23.2 Å². The number of furan rings is 1. The molecule has 1 heterocycles. The minimum absolute atomic E-state index is 0.0774. The number of hydrogen-bond donors (Lipinski definition) is 2. The summed E-state index contributed by atoms with van der Waals surface area (Å²) in [5, 5.41) is 7.18. The highest BCUT2D eigenvalue weighted by Gasteiger charge is 2.28. The molecule has 1 aliphatic rings. The second-order valence-electron chi connectivity index (χ2n) is 7.65. The van der Waals surface area contributed by atoms with Gasteiger partial charge in [-0.3, -0.25) is 9.59 Å². The average Bonchev–Trinajstić information content (AvgIpc) is 3.15. The van der Waals surface area contributed by atoms with Gasteiger partial charge in [-0.2, -0.15) is 5.10 Å². The van der Waals surface area contributed by atoms with Crippen molar-refractivity contribution in [2.75, 3.05) is 5.32 Å². The molecule has 0 radical (unpaired) electrons. The number of nitrogens with zero attached hydrogens (tertiary/aromatic N) is 1. The normalized spacial score (nSPS) is 14.2. The molecule has 0 aliphatic heterocycles. The number of nitrogens with one attached hydrogen (secondary N) is 2. The third-order valence-corrected chi connectivity index (χ3v) is 5.59. The van der Waals surface area contributed by atoms with Crippen LogP contribution in [0.3, 0.4) is 0 Å². The van der Waals surface area contributed by atoms with Crippen molar-refractivity contribution in [3.8, 4) is 0 Å². The number of rotatable bonds is 5. The van der Waals surface area contributed by atoms with E-state index in [1.54, 1.807) is 6.07 Å². The Balaban J connectivity index is 1.59. The molecule has 0 fully saturated rings. The number of fused-ring (bicyclic) bond motifs is 1. The van der Waals surface area contributed by atoms with Gasteiger partial charge in [-0.1, -0.05) is 37.3 Å². The smallest absolute Gasteiger partial charge is 0.291 e. The van der Waals surface area contributed by atoms with Crippen LogP contribution < -0.4 is 10.7 Å². The van der Waals surface area contributed by atoms with E-state index in [-0.39, 0.29) is 17.2 Å². The Morgan fingerprint density at radius 1 is 1.06 bits per heavy atom. The van der Waals surface area contributed by atoms with Crippen LogP contribution in [-0.2, 0) is 12.8 Å². The summed E-state index contributed by atoms with van der Waals surface area (Å²) in [7, 11) is 0. The van der Waals surface area contributed by atoms with Crippen LogP contribution in [0.1, 0.15) is 63.1 Å². The summed E-state index contributed by atoms with van der Waals surface area (Å²) in [6.07, 6.45) is 2.86. The van der Waals surface area contributed by atoms with Crippen molar-refractivity contribution in [3.05, 3.63) is 88.1 Å². The molecule has 3 aromatic rings. The predicted octanol–water partition coefficient (Wildman–Crippen LogP) is 5.01. The molecule has 164 valence electrons. The van der Waals surface area contributed by atoms with Crippen LogP contribution in [0.5, 0.6) is 0 Å². The summed E-state index contributed by atoms with van der Waals surface area (Å²) in [5.41, 5.74) is 6.17. The lowest BCUT2D eigenvalue weighted by Gasteiger charge is -2.13. The molecule has 2 aromatic carbocycles. The lowest BCUT2D eigenvalue weighted by atomic mass is 9.93. The van der Waals surface area contributed by atoms with Gasteiger partial charge in [-0.15, -0.1) is 0 Å². The topological polar surface area (TPSA) is 83.7 Å². The van der Waals surface area contributed by atoms with Gasteiger partial charge in [0.2, 0.25) is 0 Å². The number of aryl methyl sites for hydroxylation is 2. The molecule has 6 nitrogen and oxygen atoms in total. The quantitative estimate of drug-likeness (QED) is 0.555. The Labute approximate surface area is 185 Å². The predicted molar refractivity (Wildman–Crippen MR) is 121 cm³/mol. The fourth-order valence-corrected chi connectivity index (χ4v) is 3.95. The number of amides is 2. The molecule has 0 bridgehead atoms. The van der Waals surface area contributed by atoms with Crippen molar-refractivity contribution in [1.29, 1.82) is 0 Å². The van der Waals surface area contributed by atoms with Crippen LogP contribution >= 0.6 is 0 Å². The van der Waals surface area contributed by atoms with E-state index in [0.717, 1.165) is 29.7 Å². The zero-order valence-electron chi connectivity index (χ0n) is 18.0. The first-order valence-electron chi connectivity index (χ1n) is 10.6. The molecule has 2 amide bonds. The van der Waals surface area contributed by atoms with Gasteiger partial charge in [0.25, 0.3) is 11.8 Å². The highest BCUT2D eigenvalue weighted by Crippen LogP contribution is 2.30. The van der Waals surface area contributed by atoms with Gasteiger partial charge in [0.15, 0.2) is 5.76 Å². The van der Waals surface area contributed by atoms with E-state index >= 15 is 0 Å². The number of hydrogen-bond acceptors (Lipinski definition) is 4. The summed E-state index contributed by atoms with van der Waals surface area (Å²) in [5.74, 6) is -0.664. The molecular weight excluding hydrogens is 409 g/mol. The third kappa shape index (κ3) is 4.19. The Bertz CT molecular complexity index is 1210. The largest absolute Gasteiger partial charge is 0.455 e. The first kappa shape index (κ1) is 21.5. The van der Waals surface area contributed by atoms with E-state index < -0.39 is 11.7 Å². The number of hydrazone groups is 1. The maximum absolute atomic E-state index is 13.9. The van der Waals surface area contributed by atoms with Gasteiger partial charge in [0.1, 0.15) is 11.6 Å². The standard InChI is InChI=1S/C25H24FN3O3/c1-3-16-9-4-7-12-19(16)27-25(31)23-15(2)22-20(13-8-14-21(22)32-23)28-29-24(30)17-10-5-6-11-18(17)26/h4-7,9-12H,3,8,13-14H2,1-2H3,(H,27,31)(H,29,30)/b28-20+. The molecule has 1 aromatic heterocycles. The van der Waals surface area contributed by atoms with E-state index in [2.05, 4.69) is 15.8 Å².